The van der Waals surface area contributed by atoms with E-state index >= 15 is 0 Å². The second kappa shape index (κ2) is 8.38. The third-order valence-electron chi connectivity index (χ3n) is 5.59. The van der Waals surface area contributed by atoms with Crippen molar-refractivity contribution in [3.63, 3.8) is 0 Å². The molecule has 2 fully saturated rings. The van der Waals surface area contributed by atoms with Crippen LogP contribution in [0.3, 0.4) is 0 Å². The number of ether oxygens (including phenoxy) is 2. The van der Waals surface area contributed by atoms with Gasteiger partial charge in [-0.1, -0.05) is 12.8 Å². The fourth-order valence-electron chi connectivity index (χ4n) is 4.17. The maximum Gasteiger partial charge on any atom is 0.341 e. The lowest BCUT2D eigenvalue weighted by Gasteiger charge is -2.52. The summed E-state index contributed by atoms with van der Waals surface area (Å²) in [6, 6.07) is -1.17. The molecular weight excluding hydrogens is 362 g/mol. The molecular formula is C17H29NO9. The molecule has 1 saturated carbocycles. The molecule has 0 aromatic rings. The summed E-state index contributed by atoms with van der Waals surface area (Å²) in [7, 11) is 1.12. The van der Waals surface area contributed by atoms with Crippen LogP contribution in [0.4, 0.5) is 0 Å². The van der Waals surface area contributed by atoms with Crippen molar-refractivity contribution >= 4 is 11.9 Å². The van der Waals surface area contributed by atoms with Gasteiger partial charge >= 0.3 is 5.97 Å². The number of esters is 1. The Balaban J connectivity index is 2.48. The molecule has 27 heavy (non-hydrogen) atoms. The normalized spacial score (nSPS) is 35.3. The minimum atomic E-state index is -1.98. The Bertz CT molecular complexity index is 551. The van der Waals surface area contributed by atoms with Gasteiger partial charge in [0.1, 0.15) is 23.9 Å². The van der Waals surface area contributed by atoms with Gasteiger partial charge < -0.3 is 40.3 Å². The minimum Gasteiger partial charge on any atom is -0.467 e. The highest BCUT2D eigenvalue weighted by atomic mass is 16.6. The summed E-state index contributed by atoms with van der Waals surface area (Å²) in [6.45, 7) is 0.394. The maximum absolute atomic E-state index is 12.7. The van der Waals surface area contributed by atoms with Gasteiger partial charge in [-0.15, -0.1) is 0 Å². The number of methoxy groups -OCH3 is 1. The SMILES string of the molecule is COC(=O)[C@@]1(C2(O)CCCC2)C[C@H](O)[C@@H](NC(C)=O)[C@H]([C@@H](O)[C@H](O)CO)O1. The molecule has 6 N–H and O–H groups in total. The summed E-state index contributed by atoms with van der Waals surface area (Å²) < 4.78 is 10.7. The first-order valence-corrected chi connectivity index (χ1v) is 9.02. The molecule has 0 spiro atoms. The van der Waals surface area contributed by atoms with Crippen LogP contribution < -0.4 is 5.32 Å². The van der Waals surface area contributed by atoms with Crippen molar-refractivity contribution in [3.05, 3.63) is 0 Å². The van der Waals surface area contributed by atoms with Gasteiger partial charge in [-0.3, -0.25) is 4.79 Å². The summed E-state index contributed by atoms with van der Waals surface area (Å²) >= 11 is 0. The van der Waals surface area contributed by atoms with Gasteiger partial charge in [0.15, 0.2) is 5.60 Å². The van der Waals surface area contributed by atoms with E-state index in [1.807, 2.05) is 0 Å². The van der Waals surface area contributed by atoms with Crippen LogP contribution in [0, 0.1) is 0 Å². The van der Waals surface area contributed by atoms with Crippen LogP contribution in [-0.4, -0.2) is 92.8 Å². The van der Waals surface area contributed by atoms with Crippen LogP contribution >= 0.6 is 0 Å². The third-order valence-corrected chi connectivity index (χ3v) is 5.59. The van der Waals surface area contributed by atoms with Crippen LogP contribution in [-0.2, 0) is 19.1 Å². The molecule has 0 bridgehead atoms. The molecule has 0 aromatic carbocycles. The number of carbonyl (C=O) groups is 2. The van der Waals surface area contributed by atoms with Crippen molar-refractivity contribution in [1.29, 1.82) is 0 Å². The fourth-order valence-corrected chi connectivity index (χ4v) is 4.17. The van der Waals surface area contributed by atoms with E-state index < -0.39 is 60.1 Å². The van der Waals surface area contributed by atoms with E-state index in [4.69, 9.17) is 14.6 Å². The number of carbonyl (C=O) groups excluding carboxylic acids is 2. The number of aliphatic hydroxyl groups excluding tert-OH is 4. The van der Waals surface area contributed by atoms with E-state index in [2.05, 4.69) is 5.32 Å². The van der Waals surface area contributed by atoms with E-state index in [-0.39, 0.29) is 19.3 Å². The smallest absolute Gasteiger partial charge is 0.341 e. The molecule has 2 aliphatic rings. The number of amides is 1. The van der Waals surface area contributed by atoms with Crippen LogP contribution in [0.1, 0.15) is 39.0 Å². The van der Waals surface area contributed by atoms with Crippen molar-refractivity contribution in [1.82, 2.24) is 5.32 Å². The Hall–Kier alpha value is -1.30. The molecule has 1 amide bonds. The number of hydrogen-bond acceptors (Lipinski definition) is 9. The average Bonchev–Trinajstić information content (AvgIpc) is 3.08. The minimum absolute atomic E-state index is 0.227. The van der Waals surface area contributed by atoms with Crippen LogP contribution in [0.2, 0.25) is 0 Å². The molecule has 0 aromatic heterocycles. The van der Waals surface area contributed by atoms with E-state index in [0.29, 0.717) is 12.8 Å². The zero-order valence-electron chi connectivity index (χ0n) is 15.5. The highest BCUT2D eigenvalue weighted by Gasteiger charge is 2.65. The predicted octanol–water partition coefficient (Wildman–Crippen LogP) is -2.43. The molecule has 156 valence electrons. The van der Waals surface area contributed by atoms with Crippen LogP contribution in [0.5, 0.6) is 0 Å². The first-order valence-electron chi connectivity index (χ1n) is 9.02. The predicted molar refractivity (Wildman–Crippen MR) is 90.4 cm³/mol. The quantitative estimate of drug-likeness (QED) is 0.270. The van der Waals surface area contributed by atoms with Gasteiger partial charge in [-0.05, 0) is 12.8 Å². The maximum atomic E-state index is 12.7. The zero-order chi connectivity index (χ0) is 20.4. The average molecular weight is 391 g/mol. The molecule has 1 aliphatic heterocycles. The van der Waals surface area contributed by atoms with Crippen molar-refractivity contribution < 1.29 is 44.6 Å². The standard InChI is InChI=1S/C17H29NO9/c1-9(20)18-12-10(21)7-17(15(24)26-2,16(25)5-3-4-6-16)27-14(12)13(23)11(22)8-19/h10-14,19,21-23,25H,3-8H2,1-2H3,(H,18,20)/t10-,11+,12+,13-,14+,17+/m0/s1. The Morgan fingerprint density at radius 3 is 2.37 bits per heavy atom. The van der Waals surface area contributed by atoms with Gasteiger partial charge in [0.05, 0.1) is 25.9 Å². The number of aliphatic hydroxyl groups is 5. The highest BCUT2D eigenvalue weighted by Crippen LogP contribution is 2.47. The monoisotopic (exact) mass is 391 g/mol. The molecule has 2 rings (SSSR count). The summed E-state index contributed by atoms with van der Waals surface area (Å²) in [5.74, 6) is -1.44. The molecule has 0 radical (unpaired) electrons. The first-order chi connectivity index (χ1) is 12.6. The Morgan fingerprint density at radius 1 is 1.30 bits per heavy atom. The molecule has 10 nitrogen and oxygen atoms in total. The van der Waals surface area contributed by atoms with Gasteiger partial charge in [0.2, 0.25) is 5.91 Å². The lowest BCUT2D eigenvalue weighted by molar-refractivity contribution is -0.275. The summed E-state index contributed by atoms with van der Waals surface area (Å²) in [6.07, 6.45) is -4.87. The van der Waals surface area contributed by atoms with Crippen LogP contribution in [0.15, 0.2) is 0 Å². The molecule has 1 saturated heterocycles. The first kappa shape index (κ1) is 22.0. The van der Waals surface area contributed by atoms with Gasteiger partial charge in [0.25, 0.3) is 0 Å². The van der Waals surface area contributed by atoms with E-state index in [1.54, 1.807) is 0 Å². The summed E-state index contributed by atoms with van der Waals surface area (Å²) in [5.41, 5.74) is -3.61. The number of rotatable bonds is 6. The van der Waals surface area contributed by atoms with Gasteiger partial charge in [0, 0.05) is 13.3 Å². The summed E-state index contributed by atoms with van der Waals surface area (Å²) in [5, 5.41) is 53.7. The molecule has 6 atom stereocenters. The zero-order valence-corrected chi connectivity index (χ0v) is 15.5. The van der Waals surface area contributed by atoms with Gasteiger partial charge in [-0.2, -0.15) is 0 Å². The Kier molecular flexibility index (Phi) is 6.82. The lowest BCUT2D eigenvalue weighted by atomic mass is 9.72. The van der Waals surface area contributed by atoms with Gasteiger partial charge in [-0.25, -0.2) is 4.79 Å². The largest absolute Gasteiger partial charge is 0.467 e. The van der Waals surface area contributed by atoms with E-state index in [9.17, 15) is 30.0 Å². The van der Waals surface area contributed by atoms with Crippen molar-refractivity contribution in [3.8, 4) is 0 Å². The highest BCUT2D eigenvalue weighted by molar-refractivity contribution is 5.82. The van der Waals surface area contributed by atoms with Crippen molar-refractivity contribution in [2.24, 2.45) is 0 Å². The molecule has 1 aliphatic carbocycles. The molecule has 0 unspecified atom stereocenters. The molecule has 1 heterocycles. The van der Waals surface area contributed by atoms with E-state index in [0.717, 1.165) is 7.11 Å². The molecule has 10 heteroatoms. The second-order valence-electron chi connectivity index (χ2n) is 7.38. The van der Waals surface area contributed by atoms with E-state index in [1.165, 1.54) is 6.92 Å². The number of nitrogens with one attached hydrogen (secondary N) is 1. The fraction of sp³-hybridized carbons (Fsp3) is 0.882. The second-order valence-corrected chi connectivity index (χ2v) is 7.38. The Morgan fingerprint density at radius 2 is 1.89 bits per heavy atom. The third kappa shape index (κ3) is 3.96. The lowest BCUT2D eigenvalue weighted by Crippen LogP contribution is -2.72. The Labute approximate surface area is 157 Å². The summed E-state index contributed by atoms with van der Waals surface area (Å²) in [4.78, 5) is 24.2. The van der Waals surface area contributed by atoms with Crippen molar-refractivity contribution in [2.45, 2.75) is 80.7 Å². The van der Waals surface area contributed by atoms with Crippen LogP contribution in [0.25, 0.3) is 0 Å². The number of hydrogen-bond donors (Lipinski definition) is 6. The van der Waals surface area contributed by atoms with Crippen molar-refractivity contribution in [2.75, 3.05) is 13.7 Å². The topological polar surface area (TPSA) is 166 Å².